The van der Waals surface area contributed by atoms with Gasteiger partial charge >= 0.3 is 5.97 Å². The van der Waals surface area contributed by atoms with Gasteiger partial charge in [0.1, 0.15) is 5.54 Å². The van der Waals surface area contributed by atoms with Crippen LogP contribution < -0.4 is 0 Å². The lowest BCUT2D eigenvalue weighted by atomic mass is 10.0. The fourth-order valence-electron chi connectivity index (χ4n) is 1.35. The second-order valence-corrected chi connectivity index (χ2v) is 4.07. The van der Waals surface area contributed by atoms with E-state index in [2.05, 4.69) is 9.73 Å². The number of aliphatic imine (C=N–C) groups is 1. The molecule has 104 valence electrons. The van der Waals surface area contributed by atoms with Gasteiger partial charge in [0.05, 0.1) is 32.5 Å². The summed E-state index contributed by atoms with van der Waals surface area (Å²) in [5, 5.41) is 27.4. The largest absolute Gasteiger partial charge is 0.465 e. The van der Waals surface area contributed by atoms with Crippen LogP contribution in [0, 0.1) is 0 Å². The zero-order valence-corrected chi connectivity index (χ0v) is 10.6. The van der Waals surface area contributed by atoms with Crippen molar-refractivity contribution in [2.24, 2.45) is 4.99 Å². The van der Waals surface area contributed by atoms with Crippen LogP contribution >= 0.6 is 0 Å². The standard InChI is InChI=1S/C13H17NO5/c1-19-12(18)11-4-2-3-10(5-11)6-14-13(7-15,8-16)9-17/h2-6,15-17H,7-9H2,1H3. The predicted octanol–water partition coefficient (Wildman–Crippen LogP) is -0.392. The monoisotopic (exact) mass is 267 g/mol. The molecule has 6 heteroatoms. The topological polar surface area (TPSA) is 99.4 Å². The van der Waals surface area contributed by atoms with Crippen LogP contribution in [0.1, 0.15) is 15.9 Å². The highest BCUT2D eigenvalue weighted by Crippen LogP contribution is 2.10. The summed E-state index contributed by atoms with van der Waals surface area (Å²) in [6.07, 6.45) is 1.38. The van der Waals surface area contributed by atoms with Crippen LogP contribution in [0.2, 0.25) is 0 Å². The Kier molecular flexibility index (Phi) is 5.62. The molecule has 0 aliphatic carbocycles. The maximum Gasteiger partial charge on any atom is 0.337 e. The molecule has 0 unspecified atom stereocenters. The summed E-state index contributed by atoms with van der Waals surface area (Å²) in [5.74, 6) is -0.465. The Bertz CT molecular complexity index is 446. The first kappa shape index (κ1) is 15.3. The molecule has 0 heterocycles. The zero-order chi connectivity index (χ0) is 14.3. The number of nitrogens with zero attached hydrogens (tertiary/aromatic N) is 1. The fourth-order valence-corrected chi connectivity index (χ4v) is 1.35. The number of aliphatic hydroxyl groups excluding tert-OH is 3. The number of carbonyl (C=O) groups is 1. The molecule has 0 amide bonds. The minimum atomic E-state index is -1.32. The molecule has 0 aliphatic heterocycles. The van der Waals surface area contributed by atoms with Crippen molar-refractivity contribution < 1.29 is 24.9 Å². The number of ether oxygens (including phenoxy) is 1. The van der Waals surface area contributed by atoms with Gasteiger partial charge in [-0.15, -0.1) is 0 Å². The van der Waals surface area contributed by atoms with Gasteiger partial charge in [-0.3, -0.25) is 4.99 Å². The van der Waals surface area contributed by atoms with E-state index in [1.54, 1.807) is 24.3 Å². The van der Waals surface area contributed by atoms with Gasteiger partial charge in [0, 0.05) is 6.21 Å². The maximum absolute atomic E-state index is 11.3. The molecule has 1 aromatic rings. The van der Waals surface area contributed by atoms with Crippen molar-refractivity contribution in [2.75, 3.05) is 26.9 Å². The predicted molar refractivity (Wildman–Crippen MR) is 69.4 cm³/mol. The Balaban J connectivity index is 2.96. The molecule has 0 fully saturated rings. The summed E-state index contributed by atoms with van der Waals surface area (Å²) in [5.41, 5.74) is -0.349. The van der Waals surface area contributed by atoms with E-state index in [1.165, 1.54) is 13.3 Å². The molecule has 3 N–H and O–H groups in total. The summed E-state index contributed by atoms with van der Waals surface area (Å²) in [7, 11) is 1.29. The smallest absolute Gasteiger partial charge is 0.337 e. The Labute approximate surface area is 111 Å². The second kappa shape index (κ2) is 6.98. The molecule has 1 aromatic carbocycles. The fraction of sp³-hybridized carbons (Fsp3) is 0.385. The highest BCUT2D eigenvalue weighted by Gasteiger charge is 2.26. The number of hydrogen-bond donors (Lipinski definition) is 3. The Morgan fingerprint density at radius 3 is 2.47 bits per heavy atom. The summed E-state index contributed by atoms with van der Waals surface area (Å²) < 4.78 is 4.60. The van der Waals surface area contributed by atoms with Crippen molar-refractivity contribution in [1.82, 2.24) is 0 Å². The molecular weight excluding hydrogens is 250 g/mol. The molecule has 0 aromatic heterocycles. The number of aliphatic hydroxyl groups is 3. The van der Waals surface area contributed by atoms with Crippen molar-refractivity contribution in [2.45, 2.75) is 5.54 Å². The van der Waals surface area contributed by atoms with E-state index >= 15 is 0 Å². The summed E-state index contributed by atoms with van der Waals surface area (Å²) in [6.45, 7) is -1.44. The summed E-state index contributed by atoms with van der Waals surface area (Å²) in [6, 6.07) is 6.52. The summed E-state index contributed by atoms with van der Waals surface area (Å²) in [4.78, 5) is 15.3. The van der Waals surface area contributed by atoms with Crippen LogP contribution in [-0.2, 0) is 4.74 Å². The molecular formula is C13H17NO5. The SMILES string of the molecule is COC(=O)c1cccc(C=NC(CO)(CO)CO)c1. The molecule has 0 atom stereocenters. The highest BCUT2D eigenvalue weighted by molar-refractivity contribution is 5.92. The first-order valence-corrected chi connectivity index (χ1v) is 5.67. The number of carbonyl (C=O) groups excluding carboxylic acids is 1. The first-order chi connectivity index (χ1) is 9.10. The van der Waals surface area contributed by atoms with Crippen molar-refractivity contribution in [1.29, 1.82) is 0 Å². The first-order valence-electron chi connectivity index (χ1n) is 5.67. The van der Waals surface area contributed by atoms with Crippen molar-refractivity contribution >= 4 is 12.2 Å². The average molecular weight is 267 g/mol. The van der Waals surface area contributed by atoms with E-state index in [0.29, 0.717) is 11.1 Å². The van der Waals surface area contributed by atoms with E-state index in [-0.39, 0.29) is 0 Å². The molecule has 0 radical (unpaired) electrons. The normalized spacial score (nSPS) is 11.8. The average Bonchev–Trinajstić information content (AvgIpc) is 2.48. The third kappa shape index (κ3) is 3.85. The second-order valence-electron chi connectivity index (χ2n) is 4.07. The van der Waals surface area contributed by atoms with Gasteiger partial charge in [-0.1, -0.05) is 12.1 Å². The number of benzene rings is 1. The molecule has 0 spiro atoms. The van der Waals surface area contributed by atoms with E-state index in [9.17, 15) is 4.79 Å². The Morgan fingerprint density at radius 1 is 1.32 bits per heavy atom. The van der Waals surface area contributed by atoms with Crippen molar-refractivity contribution in [3.8, 4) is 0 Å². The van der Waals surface area contributed by atoms with Gasteiger partial charge in [-0.05, 0) is 17.7 Å². The minimum absolute atomic E-state index is 0.369. The summed E-state index contributed by atoms with van der Waals surface area (Å²) >= 11 is 0. The number of rotatable bonds is 6. The molecule has 19 heavy (non-hydrogen) atoms. The number of esters is 1. The molecule has 0 aliphatic rings. The minimum Gasteiger partial charge on any atom is -0.465 e. The van der Waals surface area contributed by atoms with Gasteiger partial charge in [0.15, 0.2) is 0 Å². The van der Waals surface area contributed by atoms with Crippen molar-refractivity contribution in [3.63, 3.8) is 0 Å². The van der Waals surface area contributed by atoms with Crippen LogP contribution in [0.5, 0.6) is 0 Å². The van der Waals surface area contributed by atoms with Crippen LogP contribution in [0.25, 0.3) is 0 Å². The van der Waals surface area contributed by atoms with Gasteiger partial charge in [-0.25, -0.2) is 4.79 Å². The van der Waals surface area contributed by atoms with Gasteiger partial charge in [-0.2, -0.15) is 0 Å². The molecule has 1 rings (SSSR count). The van der Waals surface area contributed by atoms with Gasteiger partial charge < -0.3 is 20.1 Å². The molecule has 0 saturated heterocycles. The Hall–Kier alpha value is -1.76. The lowest BCUT2D eigenvalue weighted by Crippen LogP contribution is -2.39. The third-order valence-corrected chi connectivity index (χ3v) is 2.68. The van der Waals surface area contributed by atoms with Gasteiger partial charge in [0.2, 0.25) is 0 Å². The lowest BCUT2D eigenvalue weighted by molar-refractivity contribution is 0.0600. The van der Waals surface area contributed by atoms with Crippen molar-refractivity contribution in [3.05, 3.63) is 35.4 Å². The van der Waals surface area contributed by atoms with E-state index in [4.69, 9.17) is 15.3 Å². The van der Waals surface area contributed by atoms with Crippen LogP contribution in [-0.4, -0.2) is 60.0 Å². The highest BCUT2D eigenvalue weighted by atomic mass is 16.5. The van der Waals surface area contributed by atoms with Crippen LogP contribution in [0.4, 0.5) is 0 Å². The maximum atomic E-state index is 11.3. The number of methoxy groups -OCH3 is 1. The zero-order valence-electron chi connectivity index (χ0n) is 10.6. The lowest BCUT2D eigenvalue weighted by Gasteiger charge is -2.21. The van der Waals surface area contributed by atoms with Crippen LogP contribution in [0.3, 0.4) is 0 Å². The number of hydrogen-bond acceptors (Lipinski definition) is 6. The molecule has 0 bridgehead atoms. The van der Waals surface area contributed by atoms with Gasteiger partial charge in [0.25, 0.3) is 0 Å². The Morgan fingerprint density at radius 2 is 1.95 bits per heavy atom. The van der Waals surface area contributed by atoms with E-state index < -0.39 is 31.3 Å². The molecule has 0 saturated carbocycles. The van der Waals surface area contributed by atoms with E-state index in [1.807, 2.05) is 0 Å². The van der Waals surface area contributed by atoms with E-state index in [0.717, 1.165) is 0 Å². The molecule has 6 nitrogen and oxygen atoms in total. The quantitative estimate of drug-likeness (QED) is 0.481. The van der Waals surface area contributed by atoms with Crippen LogP contribution in [0.15, 0.2) is 29.3 Å². The third-order valence-electron chi connectivity index (χ3n) is 2.68.